The van der Waals surface area contributed by atoms with Crippen molar-refractivity contribution < 1.29 is 9.21 Å². The van der Waals surface area contributed by atoms with Crippen molar-refractivity contribution >= 4 is 5.91 Å². The summed E-state index contributed by atoms with van der Waals surface area (Å²) >= 11 is 0. The van der Waals surface area contributed by atoms with Gasteiger partial charge in [-0.1, -0.05) is 13.3 Å². The van der Waals surface area contributed by atoms with Gasteiger partial charge >= 0.3 is 0 Å². The molecule has 0 spiro atoms. The quantitative estimate of drug-likeness (QED) is 0.817. The molecular weight excluding hydrogens is 218 g/mol. The van der Waals surface area contributed by atoms with Crippen LogP contribution in [0.3, 0.4) is 0 Å². The van der Waals surface area contributed by atoms with Gasteiger partial charge in [0.15, 0.2) is 5.69 Å². The lowest BCUT2D eigenvalue weighted by Gasteiger charge is -2.25. The molecule has 1 unspecified atom stereocenters. The first-order valence-electron chi connectivity index (χ1n) is 6.22. The Morgan fingerprint density at radius 3 is 3.06 bits per heavy atom. The second-order valence-corrected chi connectivity index (χ2v) is 4.57. The Hall–Kier alpha value is -1.36. The number of aromatic nitrogens is 1. The first-order valence-corrected chi connectivity index (χ1v) is 6.22. The predicted octanol–water partition coefficient (Wildman–Crippen LogP) is 1.76. The summed E-state index contributed by atoms with van der Waals surface area (Å²) in [6.45, 7) is 2.05. The van der Waals surface area contributed by atoms with Gasteiger partial charge in [-0.15, -0.1) is 0 Å². The van der Waals surface area contributed by atoms with Gasteiger partial charge in [0.2, 0.25) is 5.89 Å². The lowest BCUT2D eigenvalue weighted by Crippen LogP contribution is -2.39. The minimum absolute atomic E-state index is 0.159. The number of nitrogens with one attached hydrogen (secondary N) is 1. The molecule has 5 nitrogen and oxygen atoms in total. The van der Waals surface area contributed by atoms with Gasteiger partial charge in [0.25, 0.3) is 5.91 Å². The molecule has 0 bridgehead atoms. The van der Waals surface area contributed by atoms with Crippen molar-refractivity contribution in [3.05, 3.63) is 17.8 Å². The highest BCUT2D eigenvalue weighted by Gasteiger charge is 2.22. The van der Waals surface area contributed by atoms with Crippen molar-refractivity contribution in [2.24, 2.45) is 5.73 Å². The Bertz CT molecular complexity index is 385. The fourth-order valence-corrected chi connectivity index (χ4v) is 1.81. The number of nitrogens with zero attached hydrogens (tertiary/aromatic N) is 1. The van der Waals surface area contributed by atoms with Gasteiger partial charge in [0.05, 0.1) is 6.04 Å². The third kappa shape index (κ3) is 2.85. The first kappa shape index (κ1) is 12.1. The molecule has 5 heteroatoms. The Kier molecular flexibility index (Phi) is 3.78. The number of rotatable bonds is 5. The molecule has 1 heterocycles. The van der Waals surface area contributed by atoms with Gasteiger partial charge < -0.3 is 15.5 Å². The molecule has 1 fully saturated rings. The maximum absolute atomic E-state index is 11.8. The Labute approximate surface area is 101 Å². The number of amides is 1. The average molecular weight is 237 g/mol. The molecule has 1 aliphatic carbocycles. The van der Waals surface area contributed by atoms with Crippen LogP contribution in [0.5, 0.6) is 0 Å². The summed E-state index contributed by atoms with van der Waals surface area (Å²) < 4.78 is 5.24. The number of nitrogens with two attached hydrogens (primary N) is 1. The molecule has 94 valence electrons. The van der Waals surface area contributed by atoms with Crippen LogP contribution in [0, 0.1) is 0 Å². The fraction of sp³-hybridized carbons (Fsp3) is 0.667. The smallest absolute Gasteiger partial charge is 0.273 e. The van der Waals surface area contributed by atoms with E-state index in [-0.39, 0.29) is 11.9 Å². The van der Waals surface area contributed by atoms with Gasteiger partial charge in [-0.2, -0.15) is 0 Å². The number of carbonyl (C=O) groups excluding carboxylic acids is 1. The number of hydrogen-bond acceptors (Lipinski definition) is 4. The lowest BCUT2D eigenvalue weighted by atomic mass is 9.93. The van der Waals surface area contributed by atoms with Crippen molar-refractivity contribution in [3.63, 3.8) is 0 Å². The van der Waals surface area contributed by atoms with E-state index in [1.54, 1.807) is 0 Å². The first-order chi connectivity index (χ1) is 8.20. The van der Waals surface area contributed by atoms with Crippen LogP contribution in [0.2, 0.25) is 0 Å². The highest BCUT2D eigenvalue weighted by Crippen LogP contribution is 2.19. The van der Waals surface area contributed by atoms with Crippen LogP contribution in [0.4, 0.5) is 0 Å². The Morgan fingerprint density at radius 1 is 1.71 bits per heavy atom. The van der Waals surface area contributed by atoms with E-state index in [0.29, 0.717) is 17.6 Å². The SMILES string of the molecule is CCCC(N)c1nc(C(=O)NC2CCC2)co1. The summed E-state index contributed by atoms with van der Waals surface area (Å²) in [4.78, 5) is 15.9. The van der Waals surface area contributed by atoms with Crippen LogP contribution in [0.1, 0.15) is 61.4 Å². The summed E-state index contributed by atoms with van der Waals surface area (Å²) in [5.41, 5.74) is 6.20. The molecular formula is C12H19N3O2. The van der Waals surface area contributed by atoms with E-state index in [0.717, 1.165) is 25.7 Å². The minimum Gasteiger partial charge on any atom is -0.446 e. The van der Waals surface area contributed by atoms with Crippen molar-refractivity contribution in [2.45, 2.75) is 51.1 Å². The second-order valence-electron chi connectivity index (χ2n) is 4.57. The van der Waals surface area contributed by atoms with Crippen molar-refractivity contribution in [3.8, 4) is 0 Å². The van der Waals surface area contributed by atoms with Gasteiger partial charge in [-0.05, 0) is 25.7 Å². The lowest BCUT2D eigenvalue weighted by molar-refractivity contribution is 0.0912. The molecule has 1 aromatic heterocycles. The van der Waals surface area contributed by atoms with Crippen LogP contribution in [-0.4, -0.2) is 16.9 Å². The zero-order valence-electron chi connectivity index (χ0n) is 10.1. The van der Waals surface area contributed by atoms with E-state index < -0.39 is 0 Å². The maximum Gasteiger partial charge on any atom is 0.273 e. The van der Waals surface area contributed by atoms with Crippen LogP contribution in [0.25, 0.3) is 0 Å². The standard InChI is InChI=1S/C12H19N3O2/c1-2-4-9(13)12-15-10(7-17-12)11(16)14-8-5-3-6-8/h7-9H,2-6,13H2,1H3,(H,14,16). The van der Waals surface area contributed by atoms with E-state index in [1.807, 2.05) is 6.92 Å². The molecule has 0 saturated heterocycles. The molecule has 1 atom stereocenters. The Balaban J connectivity index is 1.94. The zero-order chi connectivity index (χ0) is 12.3. The number of oxazole rings is 1. The van der Waals surface area contributed by atoms with Crippen molar-refractivity contribution in [1.29, 1.82) is 0 Å². The molecule has 17 heavy (non-hydrogen) atoms. The van der Waals surface area contributed by atoms with E-state index in [1.165, 1.54) is 12.7 Å². The van der Waals surface area contributed by atoms with Gasteiger partial charge in [-0.3, -0.25) is 4.79 Å². The summed E-state index contributed by atoms with van der Waals surface area (Å²) in [5.74, 6) is 0.291. The topological polar surface area (TPSA) is 81.1 Å². The monoisotopic (exact) mass is 237 g/mol. The fourth-order valence-electron chi connectivity index (χ4n) is 1.81. The van der Waals surface area contributed by atoms with Gasteiger partial charge in [0, 0.05) is 6.04 Å². The third-order valence-electron chi connectivity index (χ3n) is 3.11. The van der Waals surface area contributed by atoms with Crippen LogP contribution >= 0.6 is 0 Å². The summed E-state index contributed by atoms with van der Waals surface area (Å²) in [7, 11) is 0. The van der Waals surface area contributed by atoms with E-state index in [4.69, 9.17) is 10.2 Å². The summed E-state index contributed by atoms with van der Waals surface area (Å²) in [6.07, 6.45) is 6.48. The Morgan fingerprint density at radius 2 is 2.47 bits per heavy atom. The highest BCUT2D eigenvalue weighted by molar-refractivity contribution is 5.92. The van der Waals surface area contributed by atoms with E-state index in [2.05, 4.69) is 10.3 Å². The molecule has 1 aliphatic rings. The zero-order valence-corrected chi connectivity index (χ0v) is 10.1. The van der Waals surface area contributed by atoms with Crippen molar-refractivity contribution in [2.75, 3.05) is 0 Å². The van der Waals surface area contributed by atoms with Gasteiger partial charge in [0.1, 0.15) is 6.26 Å². The molecule has 1 amide bonds. The number of hydrogen-bond donors (Lipinski definition) is 2. The molecule has 3 N–H and O–H groups in total. The average Bonchev–Trinajstić information content (AvgIpc) is 2.72. The number of carbonyl (C=O) groups is 1. The molecule has 0 aliphatic heterocycles. The van der Waals surface area contributed by atoms with E-state index >= 15 is 0 Å². The van der Waals surface area contributed by atoms with E-state index in [9.17, 15) is 4.79 Å². The van der Waals surface area contributed by atoms with Crippen LogP contribution < -0.4 is 11.1 Å². The molecule has 0 aromatic carbocycles. The normalized spacial score (nSPS) is 17.5. The maximum atomic E-state index is 11.8. The summed E-state index contributed by atoms with van der Waals surface area (Å²) in [6, 6.07) is 0.0946. The molecule has 2 rings (SSSR count). The minimum atomic E-state index is -0.217. The second kappa shape index (κ2) is 5.31. The molecule has 1 aromatic rings. The van der Waals surface area contributed by atoms with Crippen LogP contribution in [0.15, 0.2) is 10.7 Å². The third-order valence-corrected chi connectivity index (χ3v) is 3.11. The van der Waals surface area contributed by atoms with Gasteiger partial charge in [-0.25, -0.2) is 4.98 Å². The molecule has 0 radical (unpaired) electrons. The van der Waals surface area contributed by atoms with Crippen molar-refractivity contribution in [1.82, 2.24) is 10.3 Å². The summed E-state index contributed by atoms with van der Waals surface area (Å²) in [5, 5.41) is 2.91. The molecule has 1 saturated carbocycles. The highest BCUT2D eigenvalue weighted by atomic mass is 16.3. The van der Waals surface area contributed by atoms with Crippen LogP contribution in [-0.2, 0) is 0 Å². The predicted molar refractivity (Wildman–Crippen MR) is 63.4 cm³/mol. The largest absolute Gasteiger partial charge is 0.446 e.